The molecule has 80 valence electrons. The molecule has 1 aromatic rings. The lowest BCUT2D eigenvalue weighted by atomic mass is 10.1. The van der Waals surface area contributed by atoms with Gasteiger partial charge in [-0.05, 0) is 18.1 Å². The Bertz CT molecular complexity index is 361. The van der Waals surface area contributed by atoms with Crippen molar-refractivity contribution in [1.82, 2.24) is 0 Å². The predicted molar refractivity (Wildman–Crippen MR) is 52.6 cm³/mol. The largest absolute Gasteiger partial charge is 0.249 e. The molecule has 1 rings (SSSR count). The summed E-state index contributed by atoms with van der Waals surface area (Å²) in [4.78, 5) is 13.2. The fourth-order valence-electron chi connectivity index (χ4n) is 1.24. The molecule has 0 heterocycles. The van der Waals surface area contributed by atoms with E-state index in [9.17, 15) is 13.6 Å². The minimum absolute atomic E-state index is 0.242. The summed E-state index contributed by atoms with van der Waals surface area (Å²) in [5, 5.41) is 0. The van der Waals surface area contributed by atoms with E-state index in [-0.39, 0.29) is 13.0 Å². The van der Waals surface area contributed by atoms with Gasteiger partial charge >= 0.3 is 0 Å². The van der Waals surface area contributed by atoms with Crippen LogP contribution in [0.4, 0.5) is 8.78 Å². The molecule has 15 heavy (non-hydrogen) atoms. The number of carbonyl (C=O) groups excluding carboxylic acids is 1. The molecule has 0 N–H and O–H groups in total. The van der Waals surface area contributed by atoms with E-state index in [0.717, 1.165) is 12.5 Å². The number of aliphatic imine (C=N–C) groups is 1. The average molecular weight is 211 g/mol. The summed E-state index contributed by atoms with van der Waals surface area (Å²) in [6.45, 7) is 1.13. The molecule has 0 radical (unpaired) electrons. The zero-order chi connectivity index (χ0) is 11.3. The lowest BCUT2D eigenvalue weighted by molar-refractivity contribution is 0.0226. The summed E-state index contributed by atoms with van der Waals surface area (Å²) in [5.41, 5.74) is 1.38. The van der Waals surface area contributed by atoms with Crippen molar-refractivity contribution in [3.8, 4) is 0 Å². The molecule has 0 atom stereocenters. The van der Waals surface area contributed by atoms with Crippen molar-refractivity contribution in [3.63, 3.8) is 0 Å². The Balaban J connectivity index is 2.68. The first-order chi connectivity index (χ1) is 7.01. The maximum atomic E-state index is 12.6. The normalized spacial score (nSPS) is 10.9. The second-order valence-electron chi connectivity index (χ2n) is 3.47. The highest BCUT2D eigenvalue weighted by Crippen LogP contribution is 2.19. The Kier molecular flexibility index (Phi) is 3.69. The maximum Gasteiger partial charge on any atom is 0.249 e. The van der Waals surface area contributed by atoms with Crippen LogP contribution in [0.1, 0.15) is 18.1 Å². The Labute approximate surface area is 86.6 Å². The number of rotatable bonds is 4. The smallest absolute Gasteiger partial charge is 0.211 e. The molecular formula is C11H11F2NO. The quantitative estimate of drug-likeness (QED) is 0.556. The predicted octanol–water partition coefficient (Wildman–Crippen LogP) is 2.72. The first-order valence-electron chi connectivity index (χ1n) is 4.50. The molecule has 0 unspecified atom stereocenters. The summed E-state index contributed by atoms with van der Waals surface area (Å²) in [6, 6.07) is 6.60. The Morgan fingerprint density at radius 3 is 2.27 bits per heavy atom. The van der Waals surface area contributed by atoms with Crippen molar-refractivity contribution in [2.45, 2.75) is 25.8 Å². The van der Waals surface area contributed by atoms with Crippen LogP contribution in [0.3, 0.4) is 0 Å². The molecule has 0 aromatic heterocycles. The zero-order valence-corrected chi connectivity index (χ0v) is 8.34. The molecule has 0 aliphatic carbocycles. The van der Waals surface area contributed by atoms with Crippen molar-refractivity contribution in [3.05, 3.63) is 35.4 Å². The second-order valence-corrected chi connectivity index (χ2v) is 3.47. The van der Waals surface area contributed by atoms with Gasteiger partial charge in [0.2, 0.25) is 12.0 Å². The number of nitrogens with zero attached hydrogens (tertiary/aromatic N) is 1. The van der Waals surface area contributed by atoms with E-state index in [4.69, 9.17) is 0 Å². The van der Waals surface area contributed by atoms with Crippen molar-refractivity contribution < 1.29 is 13.6 Å². The van der Waals surface area contributed by atoms with Crippen molar-refractivity contribution in [2.75, 3.05) is 0 Å². The van der Waals surface area contributed by atoms with Gasteiger partial charge in [0.15, 0.2) is 0 Å². The van der Waals surface area contributed by atoms with E-state index >= 15 is 0 Å². The number of hydrogen-bond acceptors (Lipinski definition) is 2. The number of halogens is 2. The lowest BCUT2D eigenvalue weighted by Gasteiger charge is -2.09. The highest BCUT2D eigenvalue weighted by Gasteiger charge is 2.21. The summed E-state index contributed by atoms with van der Waals surface area (Å²) in [5.74, 6) is -2.69. The minimum atomic E-state index is -2.69. The van der Waals surface area contributed by atoms with Crippen LogP contribution in [0.15, 0.2) is 29.3 Å². The fourth-order valence-corrected chi connectivity index (χ4v) is 1.24. The molecule has 0 aliphatic heterocycles. The van der Waals surface area contributed by atoms with Gasteiger partial charge in [-0.3, -0.25) is 0 Å². The molecule has 0 aliphatic rings. The number of isocyanates is 1. The van der Waals surface area contributed by atoms with Crippen LogP contribution in [0.2, 0.25) is 0 Å². The van der Waals surface area contributed by atoms with Crippen LogP contribution in [0.5, 0.6) is 0 Å². The highest BCUT2D eigenvalue weighted by molar-refractivity contribution is 5.34. The summed E-state index contributed by atoms with van der Waals surface area (Å²) in [6.07, 6.45) is 1.15. The Morgan fingerprint density at radius 2 is 1.80 bits per heavy atom. The van der Waals surface area contributed by atoms with Crippen molar-refractivity contribution >= 4 is 6.08 Å². The molecule has 0 saturated heterocycles. The van der Waals surface area contributed by atoms with Gasteiger partial charge in [0.1, 0.15) is 0 Å². The number of benzene rings is 1. The molecule has 0 fully saturated rings. The van der Waals surface area contributed by atoms with Crippen molar-refractivity contribution in [1.29, 1.82) is 0 Å². The summed E-state index contributed by atoms with van der Waals surface area (Å²) >= 11 is 0. The van der Waals surface area contributed by atoms with E-state index in [1.165, 1.54) is 6.08 Å². The Hall–Kier alpha value is -1.54. The fraction of sp³-hybridized carbons (Fsp3) is 0.364. The monoisotopic (exact) mass is 211 g/mol. The van der Waals surface area contributed by atoms with Gasteiger partial charge in [-0.2, -0.15) is 0 Å². The molecule has 1 aromatic carbocycles. The van der Waals surface area contributed by atoms with E-state index in [1.54, 1.807) is 24.3 Å². The number of hydrogen-bond donors (Lipinski definition) is 0. The molecule has 0 amide bonds. The SMILES string of the molecule is CC(F)(F)Cc1ccc(CN=C=O)cc1. The van der Waals surface area contributed by atoms with E-state index in [2.05, 4.69) is 4.99 Å². The van der Waals surface area contributed by atoms with Gasteiger partial charge in [0, 0.05) is 6.42 Å². The van der Waals surface area contributed by atoms with Crippen LogP contribution < -0.4 is 0 Å². The highest BCUT2D eigenvalue weighted by atomic mass is 19.3. The van der Waals surface area contributed by atoms with E-state index in [0.29, 0.717) is 5.56 Å². The lowest BCUT2D eigenvalue weighted by Crippen LogP contribution is -2.13. The standard InChI is InChI=1S/C11H11F2NO/c1-11(12,13)6-9-2-4-10(5-3-9)7-14-8-15/h2-5H,6-7H2,1H3. The molecule has 2 nitrogen and oxygen atoms in total. The molecule has 0 bridgehead atoms. The van der Waals surface area contributed by atoms with Gasteiger partial charge in [-0.15, -0.1) is 0 Å². The van der Waals surface area contributed by atoms with Crippen LogP contribution in [-0.2, 0) is 17.8 Å². The average Bonchev–Trinajstić information content (AvgIpc) is 2.14. The molecule has 4 heteroatoms. The van der Waals surface area contributed by atoms with Crippen LogP contribution in [0.25, 0.3) is 0 Å². The van der Waals surface area contributed by atoms with Crippen molar-refractivity contribution in [2.24, 2.45) is 4.99 Å². The maximum absolute atomic E-state index is 12.6. The zero-order valence-electron chi connectivity index (χ0n) is 8.34. The van der Waals surface area contributed by atoms with Crippen LogP contribution >= 0.6 is 0 Å². The van der Waals surface area contributed by atoms with Gasteiger partial charge in [-0.25, -0.2) is 18.6 Å². The third-order valence-corrected chi connectivity index (χ3v) is 1.86. The summed E-state index contributed by atoms with van der Waals surface area (Å²) in [7, 11) is 0. The van der Waals surface area contributed by atoms with Crippen LogP contribution in [-0.4, -0.2) is 12.0 Å². The topological polar surface area (TPSA) is 29.4 Å². The van der Waals surface area contributed by atoms with E-state index in [1.807, 2.05) is 0 Å². The Morgan fingerprint density at radius 1 is 1.27 bits per heavy atom. The van der Waals surface area contributed by atoms with Gasteiger partial charge in [0.05, 0.1) is 6.54 Å². The summed E-state index contributed by atoms with van der Waals surface area (Å²) < 4.78 is 25.3. The molecular weight excluding hydrogens is 200 g/mol. The first kappa shape index (κ1) is 11.5. The molecule has 0 spiro atoms. The third kappa shape index (κ3) is 4.47. The van der Waals surface area contributed by atoms with E-state index < -0.39 is 5.92 Å². The first-order valence-corrected chi connectivity index (χ1v) is 4.50. The molecule has 0 saturated carbocycles. The van der Waals surface area contributed by atoms with Gasteiger partial charge in [0.25, 0.3) is 0 Å². The van der Waals surface area contributed by atoms with Crippen LogP contribution in [0, 0.1) is 0 Å². The van der Waals surface area contributed by atoms with Gasteiger partial charge < -0.3 is 0 Å². The second kappa shape index (κ2) is 4.80. The minimum Gasteiger partial charge on any atom is -0.211 e. The van der Waals surface area contributed by atoms with Gasteiger partial charge in [-0.1, -0.05) is 24.3 Å². The number of alkyl halides is 2. The third-order valence-electron chi connectivity index (χ3n) is 1.86.